The van der Waals surface area contributed by atoms with Gasteiger partial charge in [-0.25, -0.2) is 0 Å². The second-order valence-electron chi connectivity index (χ2n) is 6.63. The lowest BCUT2D eigenvalue weighted by Crippen LogP contribution is -2.26. The molecule has 132 valence electrons. The van der Waals surface area contributed by atoms with E-state index in [4.69, 9.17) is 13.9 Å². The molecule has 0 spiro atoms. The van der Waals surface area contributed by atoms with Crippen LogP contribution in [0.2, 0.25) is 0 Å². The molecule has 2 aliphatic heterocycles. The van der Waals surface area contributed by atoms with Crippen LogP contribution in [-0.2, 0) is 11.2 Å². The number of nitrogens with zero attached hydrogens (tertiary/aromatic N) is 1. The average Bonchev–Trinajstić information content (AvgIpc) is 3.31. The zero-order valence-electron chi connectivity index (χ0n) is 14.3. The third kappa shape index (κ3) is 2.66. The second-order valence-corrected chi connectivity index (χ2v) is 6.63. The summed E-state index contributed by atoms with van der Waals surface area (Å²) in [7, 11) is 1.95. The SMILES string of the molecule is CCc1ccc(C2C(C(=O)O)C(c3ccc4c(c3)OCO4)CN2C)o1. The number of hydrogen-bond donors (Lipinski definition) is 1. The van der Waals surface area contributed by atoms with E-state index < -0.39 is 11.9 Å². The molecule has 3 heterocycles. The smallest absolute Gasteiger partial charge is 0.309 e. The Hall–Kier alpha value is -2.47. The Morgan fingerprint density at radius 1 is 1.24 bits per heavy atom. The molecule has 3 unspecified atom stereocenters. The van der Waals surface area contributed by atoms with Gasteiger partial charge in [-0.2, -0.15) is 0 Å². The topological polar surface area (TPSA) is 72.1 Å². The van der Waals surface area contributed by atoms with Crippen molar-refractivity contribution in [2.45, 2.75) is 25.3 Å². The lowest BCUT2D eigenvalue weighted by atomic mass is 9.84. The number of fused-ring (bicyclic) bond motifs is 1. The summed E-state index contributed by atoms with van der Waals surface area (Å²) in [6.07, 6.45) is 0.791. The van der Waals surface area contributed by atoms with Crippen LogP contribution in [0.15, 0.2) is 34.7 Å². The molecular formula is C19H21NO5. The van der Waals surface area contributed by atoms with Crippen LogP contribution in [0.3, 0.4) is 0 Å². The van der Waals surface area contributed by atoms with Gasteiger partial charge in [0.2, 0.25) is 6.79 Å². The molecule has 1 aromatic carbocycles. The number of ether oxygens (including phenoxy) is 2. The number of aryl methyl sites for hydroxylation is 1. The van der Waals surface area contributed by atoms with Crippen LogP contribution >= 0.6 is 0 Å². The summed E-state index contributed by atoms with van der Waals surface area (Å²) in [4.78, 5) is 14.2. The van der Waals surface area contributed by atoms with Crippen molar-refractivity contribution in [3.63, 3.8) is 0 Å². The highest BCUT2D eigenvalue weighted by molar-refractivity contribution is 5.73. The summed E-state index contributed by atoms with van der Waals surface area (Å²) in [5, 5.41) is 9.93. The average molecular weight is 343 g/mol. The van der Waals surface area contributed by atoms with Crippen LogP contribution in [0, 0.1) is 5.92 Å². The van der Waals surface area contributed by atoms with E-state index in [0.717, 1.165) is 23.5 Å². The molecule has 3 atom stereocenters. The molecule has 25 heavy (non-hydrogen) atoms. The van der Waals surface area contributed by atoms with Gasteiger partial charge in [0.05, 0.1) is 12.0 Å². The van der Waals surface area contributed by atoms with E-state index >= 15 is 0 Å². The molecule has 1 N–H and O–H groups in total. The molecule has 0 saturated carbocycles. The quantitative estimate of drug-likeness (QED) is 0.920. The number of rotatable bonds is 4. The summed E-state index contributed by atoms with van der Waals surface area (Å²) < 4.78 is 16.7. The third-order valence-electron chi connectivity index (χ3n) is 5.17. The van der Waals surface area contributed by atoms with Gasteiger partial charge in [0, 0.05) is 18.9 Å². The van der Waals surface area contributed by atoms with Crippen molar-refractivity contribution in [3.8, 4) is 11.5 Å². The van der Waals surface area contributed by atoms with Gasteiger partial charge in [-0.1, -0.05) is 13.0 Å². The Bertz CT molecular complexity index is 799. The summed E-state index contributed by atoms with van der Waals surface area (Å²) in [5.74, 6) is 1.44. The van der Waals surface area contributed by atoms with Crippen molar-refractivity contribution in [1.29, 1.82) is 0 Å². The van der Waals surface area contributed by atoms with Crippen molar-refractivity contribution in [3.05, 3.63) is 47.4 Å². The van der Waals surface area contributed by atoms with E-state index in [9.17, 15) is 9.90 Å². The van der Waals surface area contributed by atoms with E-state index in [-0.39, 0.29) is 18.8 Å². The normalized spacial score (nSPS) is 25.4. The molecule has 0 aliphatic carbocycles. The Labute approximate surface area is 145 Å². The number of hydrogen-bond acceptors (Lipinski definition) is 5. The van der Waals surface area contributed by atoms with E-state index in [1.165, 1.54) is 0 Å². The maximum Gasteiger partial charge on any atom is 0.309 e. The molecule has 1 aromatic heterocycles. The number of furan rings is 1. The molecule has 0 amide bonds. The Morgan fingerprint density at radius 3 is 2.76 bits per heavy atom. The summed E-state index contributed by atoms with van der Waals surface area (Å²) in [5.41, 5.74) is 0.952. The molecule has 0 bridgehead atoms. The fraction of sp³-hybridized carbons (Fsp3) is 0.421. The standard InChI is InChI=1S/C19H21NO5/c1-3-12-5-7-15(25-12)18-17(19(21)22)13(9-20(18)2)11-4-6-14-16(8-11)24-10-23-14/h4-8,13,17-18H,3,9-10H2,1-2H3,(H,21,22). The molecule has 4 rings (SSSR count). The van der Waals surface area contributed by atoms with Gasteiger partial charge in [-0.05, 0) is 36.9 Å². The van der Waals surface area contributed by atoms with E-state index in [2.05, 4.69) is 4.90 Å². The van der Waals surface area contributed by atoms with Gasteiger partial charge < -0.3 is 19.0 Å². The van der Waals surface area contributed by atoms with Crippen LogP contribution in [-0.4, -0.2) is 36.4 Å². The Balaban J connectivity index is 1.70. The van der Waals surface area contributed by atoms with Gasteiger partial charge in [0.25, 0.3) is 0 Å². The van der Waals surface area contributed by atoms with Crippen molar-refractivity contribution in [2.75, 3.05) is 20.4 Å². The maximum atomic E-state index is 12.1. The second kappa shape index (κ2) is 6.11. The first-order chi connectivity index (χ1) is 12.1. The van der Waals surface area contributed by atoms with Crippen molar-refractivity contribution in [2.24, 2.45) is 5.92 Å². The summed E-state index contributed by atoms with van der Waals surface area (Å²) >= 11 is 0. The van der Waals surface area contributed by atoms with Crippen LogP contribution < -0.4 is 9.47 Å². The lowest BCUT2D eigenvalue weighted by molar-refractivity contribution is -0.143. The first-order valence-corrected chi connectivity index (χ1v) is 8.49. The fourth-order valence-electron chi connectivity index (χ4n) is 3.93. The monoisotopic (exact) mass is 343 g/mol. The fourth-order valence-corrected chi connectivity index (χ4v) is 3.93. The number of carboxylic acid groups (broad SMARTS) is 1. The lowest BCUT2D eigenvalue weighted by Gasteiger charge is -2.21. The van der Waals surface area contributed by atoms with Crippen LogP contribution in [0.1, 0.15) is 36.0 Å². The molecule has 0 radical (unpaired) electrons. The van der Waals surface area contributed by atoms with Crippen molar-refractivity contribution in [1.82, 2.24) is 4.90 Å². The molecule has 6 heteroatoms. The minimum absolute atomic E-state index is 0.142. The number of carbonyl (C=O) groups is 1. The first kappa shape index (κ1) is 16.0. The van der Waals surface area contributed by atoms with Gasteiger partial charge >= 0.3 is 5.97 Å². The minimum atomic E-state index is -0.813. The minimum Gasteiger partial charge on any atom is -0.481 e. The zero-order valence-corrected chi connectivity index (χ0v) is 14.3. The first-order valence-electron chi connectivity index (χ1n) is 8.49. The number of aliphatic carboxylic acids is 1. The molecule has 2 aliphatic rings. The predicted octanol–water partition coefficient (Wildman–Crippen LogP) is 3.04. The molecule has 1 fully saturated rings. The Morgan fingerprint density at radius 2 is 2.04 bits per heavy atom. The number of carboxylic acids is 1. The largest absolute Gasteiger partial charge is 0.481 e. The van der Waals surface area contributed by atoms with Gasteiger partial charge in [0.1, 0.15) is 11.5 Å². The van der Waals surface area contributed by atoms with Gasteiger partial charge in [-0.3, -0.25) is 9.69 Å². The highest BCUT2D eigenvalue weighted by atomic mass is 16.7. The van der Waals surface area contributed by atoms with E-state index in [1.807, 2.05) is 44.3 Å². The maximum absolute atomic E-state index is 12.1. The van der Waals surface area contributed by atoms with Crippen molar-refractivity contribution < 1.29 is 23.8 Å². The molecule has 1 saturated heterocycles. The van der Waals surface area contributed by atoms with Gasteiger partial charge in [-0.15, -0.1) is 0 Å². The van der Waals surface area contributed by atoms with Crippen LogP contribution in [0.4, 0.5) is 0 Å². The molecule has 6 nitrogen and oxygen atoms in total. The summed E-state index contributed by atoms with van der Waals surface area (Å²) in [6, 6.07) is 9.23. The highest BCUT2D eigenvalue weighted by Crippen LogP contribution is 2.47. The predicted molar refractivity (Wildman–Crippen MR) is 89.9 cm³/mol. The third-order valence-corrected chi connectivity index (χ3v) is 5.17. The number of likely N-dealkylation sites (N-methyl/N-ethyl adjacent to an activating group) is 1. The number of likely N-dealkylation sites (tertiary alicyclic amines) is 1. The highest BCUT2D eigenvalue weighted by Gasteiger charge is 2.47. The summed E-state index contributed by atoms with van der Waals surface area (Å²) in [6.45, 7) is 2.87. The van der Waals surface area contributed by atoms with Gasteiger partial charge in [0.15, 0.2) is 11.5 Å². The molecule has 2 aromatic rings. The van der Waals surface area contributed by atoms with E-state index in [1.54, 1.807) is 0 Å². The number of benzene rings is 1. The van der Waals surface area contributed by atoms with Crippen LogP contribution in [0.5, 0.6) is 11.5 Å². The Kier molecular flexibility index (Phi) is 3.92. The van der Waals surface area contributed by atoms with Crippen LogP contribution in [0.25, 0.3) is 0 Å². The molecular weight excluding hydrogens is 322 g/mol. The van der Waals surface area contributed by atoms with E-state index in [0.29, 0.717) is 18.0 Å². The van der Waals surface area contributed by atoms with Crippen molar-refractivity contribution >= 4 is 5.97 Å². The zero-order chi connectivity index (χ0) is 17.6.